The number of hydrogen-bond donors (Lipinski definition) is 3. The van der Waals surface area contributed by atoms with Crippen molar-refractivity contribution in [3.63, 3.8) is 0 Å². The highest BCUT2D eigenvalue weighted by atomic mass is 16.3. The van der Waals surface area contributed by atoms with Crippen LogP contribution in [0.4, 0.5) is 0 Å². The Morgan fingerprint density at radius 1 is 1.13 bits per heavy atom. The summed E-state index contributed by atoms with van der Waals surface area (Å²) < 4.78 is 0. The van der Waals surface area contributed by atoms with Crippen LogP contribution in [0.5, 0.6) is 0 Å². The van der Waals surface area contributed by atoms with E-state index in [0.717, 1.165) is 0 Å². The number of aliphatic hydroxyl groups is 2. The SMILES string of the molecule is CC1=C(C)C(=O)C(CCC(C)(O)C(=O)NCC(C)O)=C(C)C1=O. The lowest BCUT2D eigenvalue weighted by molar-refractivity contribution is -0.139. The monoisotopic (exact) mass is 323 g/mol. The van der Waals surface area contributed by atoms with Gasteiger partial charge in [-0.1, -0.05) is 0 Å². The van der Waals surface area contributed by atoms with E-state index in [1.807, 2.05) is 0 Å². The molecule has 0 saturated carbocycles. The minimum absolute atomic E-state index is 0.0106. The summed E-state index contributed by atoms with van der Waals surface area (Å²) in [4.78, 5) is 36.3. The molecule has 0 aromatic rings. The third-order valence-corrected chi connectivity index (χ3v) is 4.22. The summed E-state index contributed by atoms with van der Waals surface area (Å²) in [6.07, 6.45) is -0.569. The van der Waals surface area contributed by atoms with Crippen LogP contribution in [-0.2, 0) is 14.4 Å². The molecule has 128 valence electrons. The molecule has 6 heteroatoms. The number of Topliss-reactive ketones (excluding diaryl/α,β-unsaturated/α-hetero) is 2. The van der Waals surface area contributed by atoms with Gasteiger partial charge in [0.2, 0.25) is 0 Å². The van der Waals surface area contributed by atoms with Gasteiger partial charge in [-0.05, 0) is 47.5 Å². The first-order valence-corrected chi connectivity index (χ1v) is 7.64. The maximum atomic E-state index is 12.3. The minimum Gasteiger partial charge on any atom is -0.392 e. The fraction of sp³-hybridized carbons (Fsp3) is 0.588. The van der Waals surface area contributed by atoms with E-state index in [0.29, 0.717) is 22.3 Å². The van der Waals surface area contributed by atoms with Crippen LogP contribution >= 0.6 is 0 Å². The van der Waals surface area contributed by atoms with Crippen molar-refractivity contribution < 1.29 is 24.6 Å². The molecule has 0 saturated heterocycles. The quantitative estimate of drug-likeness (QED) is 0.628. The Bertz CT molecular complexity index is 596. The molecule has 23 heavy (non-hydrogen) atoms. The van der Waals surface area contributed by atoms with Crippen molar-refractivity contribution in [1.29, 1.82) is 0 Å². The molecular formula is C17H25NO5. The fourth-order valence-electron chi connectivity index (χ4n) is 2.37. The molecule has 1 aliphatic rings. The number of amides is 1. The van der Waals surface area contributed by atoms with Crippen LogP contribution in [0.15, 0.2) is 22.3 Å². The zero-order valence-corrected chi connectivity index (χ0v) is 14.3. The smallest absolute Gasteiger partial charge is 0.251 e. The number of carbonyl (C=O) groups is 3. The number of carbonyl (C=O) groups excluding carboxylic acids is 3. The first-order valence-electron chi connectivity index (χ1n) is 7.64. The Balaban J connectivity index is 2.82. The first-order chi connectivity index (χ1) is 10.5. The largest absolute Gasteiger partial charge is 0.392 e. The van der Waals surface area contributed by atoms with E-state index in [1.165, 1.54) is 13.8 Å². The predicted octanol–water partition coefficient (Wildman–Crippen LogP) is 0.819. The third-order valence-electron chi connectivity index (χ3n) is 4.22. The van der Waals surface area contributed by atoms with Crippen molar-refractivity contribution in [2.45, 2.75) is 59.2 Å². The van der Waals surface area contributed by atoms with Crippen molar-refractivity contribution in [3.05, 3.63) is 22.3 Å². The van der Waals surface area contributed by atoms with E-state index in [2.05, 4.69) is 5.32 Å². The van der Waals surface area contributed by atoms with Gasteiger partial charge in [0.25, 0.3) is 5.91 Å². The van der Waals surface area contributed by atoms with Gasteiger partial charge in [-0.3, -0.25) is 14.4 Å². The van der Waals surface area contributed by atoms with Crippen molar-refractivity contribution >= 4 is 17.5 Å². The van der Waals surface area contributed by atoms with E-state index in [9.17, 15) is 19.5 Å². The maximum absolute atomic E-state index is 12.3. The molecule has 1 amide bonds. The summed E-state index contributed by atoms with van der Waals surface area (Å²) in [5, 5.41) is 21.9. The zero-order chi connectivity index (χ0) is 17.9. The molecule has 6 nitrogen and oxygen atoms in total. The Kier molecular flexibility index (Phi) is 6.02. The van der Waals surface area contributed by atoms with Gasteiger partial charge < -0.3 is 15.5 Å². The van der Waals surface area contributed by atoms with Crippen LogP contribution in [0.25, 0.3) is 0 Å². The van der Waals surface area contributed by atoms with Gasteiger partial charge in [-0.15, -0.1) is 0 Å². The second kappa shape index (κ2) is 7.19. The Morgan fingerprint density at radius 2 is 1.65 bits per heavy atom. The van der Waals surface area contributed by atoms with E-state index in [1.54, 1.807) is 20.8 Å². The molecule has 3 N–H and O–H groups in total. The molecule has 0 aromatic carbocycles. The molecule has 2 atom stereocenters. The number of ketones is 2. The van der Waals surface area contributed by atoms with Crippen LogP contribution in [0.1, 0.15) is 47.5 Å². The topological polar surface area (TPSA) is 104 Å². The summed E-state index contributed by atoms with van der Waals surface area (Å²) in [7, 11) is 0. The van der Waals surface area contributed by atoms with Crippen molar-refractivity contribution in [1.82, 2.24) is 5.32 Å². The van der Waals surface area contributed by atoms with Crippen LogP contribution < -0.4 is 5.32 Å². The lowest BCUT2D eigenvalue weighted by Gasteiger charge is -2.25. The summed E-state index contributed by atoms with van der Waals surface area (Å²) in [5.41, 5.74) is -0.109. The van der Waals surface area contributed by atoms with Gasteiger partial charge in [0.15, 0.2) is 11.6 Å². The third kappa shape index (κ3) is 4.36. The minimum atomic E-state index is -1.68. The molecule has 0 aromatic heterocycles. The molecule has 1 rings (SSSR count). The van der Waals surface area contributed by atoms with Gasteiger partial charge in [0.05, 0.1) is 6.10 Å². The van der Waals surface area contributed by atoms with Crippen molar-refractivity contribution in [2.75, 3.05) is 6.54 Å². The fourth-order valence-corrected chi connectivity index (χ4v) is 2.37. The molecular weight excluding hydrogens is 298 g/mol. The summed E-state index contributed by atoms with van der Waals surface area (Å²) in [5.74, 6) is -0.996. The van der Waals surface area contributed by atoms with Gasteiger partial charge >= 0.3 is 0 Å². The van der Waals surface area contributed by atoms with Crippen LogP contribution in [0.2, 0.25) is 0 Å². The summed E-state index contributed by atoms with van der Waals surface area (Å²) >= 11 is 0. The normalized spacial score (nSPS) is 19.8. The maximum Gasteiger partial charge on any atom is 0.251 e. The first kappa shape index (κ1) is 19.3. The molecule has 2 unspecified atom stereocenters. The van der Waals surface area contributed by atoms with Crippen LogP contribution in [0, 0.1) is 0 Å². The number of aliphatic hydroxyl groups excluding tert-OH is 1. The molecule has 0 spiro atoms. The summed E-state index contributed by atoms with van der Waals surface area (Å²) in [6, 6.07) is 0. The second-order valence-corrected chi connectivity index (χ2v) is 6.34. The van der Waals surface area contributed by atoms with E-state index in [-0.39, 0.29) is 31.0 Å². The predicted molar refractivity (Wildman–Crippen MR) is 85.6 cm³/mol. The van der Waals surface area contributed by atoms with Crippen LogP contribution in [-0.4, -0.2) is 45.9 Å². The van der Waals surface area contributed by atoms with E-state index >= 15 is 0 Å². The van der Waals surface area contributed by atoms with E-state index in [4.69, 9.17) is 5.11 Å². The highest BCUT2D eigenvalue weighted by molar-refractivity contribution is 6.24. The van der Waals surface area contributed by atoms with Gasteiger partial charge in [0.1, 0.15) is 5.60 Å². The van der Waals surface area contributed by atoms with Crippen molar-refractivity contribution in [2.24, 2.45) is 0 Å². The Labute approximate surface area is 136 Å². The van der Waals surface area contributed by atoms with Gasteiger partial charge in [0, 0.05) is 28.8 Å². The Morgan fingerprint density at radius 3 is 2.17 bits per heavy atom. The standard InChI is InChI=1S/C17H25NO5/c1-9(19)8-18-16(22)17(5,23)7-6-13-12(4)14(20)10(2)11(3)15(13)21/h9,19,23H,6-8H2,1-5H3,(H,18,22). The number of allylic oxidation sites excluding steroid dienone is 4. The number of hydrogen-bond acceptors (Lipinski definition) is 5. The second-order valence-electron chi connectivity index (χ2n) is 6.34. The van der Waals surface area contributed by atoms with Crippen LogP contribution in [0.3, 0.4) is 0 Å². The highest BCUT2D eigenvalue weighted by Gasteiger charge is 2.33. The average Bonchev–Trinajstić information content (AvgIpc) is 2.48. The van der Waals surface area contributed by atoms with Gasteiger partial charge in [-0.25, -0.2) is 0 Å². The highest BCUT2D eigenvalue weighted by Crippen LogP contribution is 2.28. The number of rotatable bonds is 6. The molecule has 0 heterocycles. The number of nitrogens with one attached hydrogen (secondary N) is 1. The lowest BCUT2D eigenvalue weighted by atomic mass is 9.82. The zero-order valence-electron chi connectivity index (χ0n) is 14.3. The molecule has 1 aliphatic carbocycles. The molecule has 0 aliphatic heterocycles. The van der Waals surface area contributed by atoms with E-state index < -0.39 is 17.6 Å². The molecule has 0 bridgehead atoms. The van der Waals surface area contributed by atoms with Crippen molar-refractivity contribution in [3.8, 4) is 0 Å². The summed E-state index contributed by atoms with van der Waals surface area (Å²) in [6.45, 7) is 7.73. The average molecular weight is 323 g/mol. The molecule has 0 radical (unpaired) electrons. The van der Waals surface area contributed by atoms with Gasteiger partial charge in [-0.2, -0.15) is 0 Å². The molecule has 0 fully saturated rings. The Hall–Kier alpha value is -1.79. The lowest BCUT2D eigenvalue weighted by Crippen LogP contribution is -2.46.